The van der Waals surface area contributed by atoms with Crippen molar-refractivity contribution in [1.82, 2.24) is 5.32 Å². The number of hydrogen-bond acceptors (Lipinski definition) is 2. The van der Waals surface area contributed by atoms with E-state index in [0.29, 0.717) is 18.5 Å². The third-order valence-electron chi connectivity index (χ3n) is 3.82. The monoisotopic (exact) mass is 307 g/mol. The second-order valence-electron chi connectivity index (χ2n) is 5.10. The quantitative estimate of drug-likeness (QED) is 0.791. The highest BCUT2D eigenvalue weighted by atomic mass is 19.4. The van der Waals surface area contributed by atoms with Crippen molar-refractivity contribution in [3.05, 3.63) is 35.1 Å². The number of ether oxygens (including phenoxy) is 1. The Bertz CT molecular complexity index is 469. The lowest BCUT2D eigenvalue weighted by Crippen LogP contribution is -2.42. The zero-order valence-corrected chi connectivity index (χ0v) is 12.6. The second-order valence-corrected chi connectivity index (χ2v) is 5.10. The maximum absolute atomic E-state index is 13.8. The number of nitrogens with one attached hydrogen (secondary N) is 1. The SMILES string of the molecule is CCNC(c1ccc(C(F)(F)F)c(F)c1)C(C)(CC)OC. The molecule has 0 radical (unpaired) electrons. The van der Waals surface area contributed by atoms with Gasteiger partial charge in [0.25, 0.3) is 0 Å². The molecule has 0 saturated heterocycles. The van der Waals surface area contributed by atoms with Gasteiger partial charge in [-0.25, -0.2) is 4.39 Å². The Morgan fingerprint density at radius 3 is 2.24 bits per heavy atom. The van der Waals surface area contributed by atoms with Crippen molar-refractivity contribution < 1.29 is 22.3 Å². The highest BCUT2D eigenvalue weighted by molar-refractivity contribution is 5.30. The minimum atomic E-state index is -4.69. The van der Waals surface area contributed by atoms with E-state index >= 15 is 0 Å². The molecule has 0 aromatic heterocycles. The Labute approximate surface area is 122 Å². The summed E-state index contributed by atoms with van der Waals surface area (Å²) < 4.78 is 57.1. The molecule has 0 spiro atoms. The maximum atomic E-state index is 13.8. The Morgan fingerprint density at radius 1 is 1.24 bits per heavy atom. The molecule has 0 saturated carbocycles. The smallest absolute Gasteiger partial charge is 0.377 e. The number of benzene rings is 1. The van der Waals surface area contributed by atoms with Crippen LogP contribution in [0.1, 0.15) is 44.4 Å². The van der Waals surface area contributed by atoms with Gasteiger partial charge in [-0.3, -0.25) is 0 Å². The van der Waals surface area contributed by atoms with E-state index < -0.39 is 29.2 Å². The molecule has 1 aromatic carbocycles. The van der Waals surface area contributed by atoms with Crippen LogP contribution in [0.25, 0.3) is 0 Å². The Hall–Kier alpha value is -1.14. The predicted octanol–water partition coefficient (Wildman–Crippen LogP) is 4.31. The van der Waals surface area contributed by atoms with Gasteiger partial charge in [-0.1, -0.05) is 19.9 Å². The number of likely N-dealkylation sites (N-methyl/N-ethyl adjacent to an activating group) is 1. The van der Waals surface area contributed by atoms with E-state index in [4.69, 9.17) is 4.74 Å². The summed E-state index contributed by atoms with van der Waals surface area (Å²) in [6, 6.07) is 2.62. The first-order valence-electron chi connectivity index (χ1n) is 6.84. The second kappa shape index (κ2) is 6.75. The summed E-state index contributed by atoms with van der Waals surface area (Å²) in [5.74, 6) is -1.27. The highest BCUT2D eigenvalue weighted by Gasteiger charge is 2.37. The van der Waals surface area contributed by atoms with Crippen molar-refractivity contribution in [2.24, 2.45) is 0 Å². The van der Waals surface area contributed by atoms with E-state index in [9.17, 15) is 17.6 Å². The summed E-state index contributed by atoms with van der Waals surface area (Å²) in [4.78, 5) is 0. The van der Waals surface area contributed by atoms with Crippen LogP contribution < -0.4 is 5.32 Å². The first-order chi connectivity index (χ1) is 9.69. The molecule has 120 valence electrons. The fourth-order valence-corrected chi connectivity index (χ4v) is 2.30. The standard InChI is InChI=1S/C15H21F4NO/c1-5-14(3,21-4)13(20-6-2)10-7-8-11(12(16)9-10)15(17,18)19/h7-9,13,20H,5-6H2,1-4H3. The van der Waals surface area contributed by atoms with Crippen LogP contribution in [0, 0.1) is 5.82 Å². The van der Waals surface area contributed by atoms with Crippen molar-refractivity contribution >= 4 is 0 Å². The van der Waals surface area contributed by atoms with Gasteiger partial charge in [-0.2, -0.15) is 13.2 Å². The minimum Gasteiger partial charge on any atom is -0.377 e. The molecule has 6 heteroatoms. The molecule has 2 atom stereocenters. The number of hydrogen-bond donors (Lipinski definition) is 1. The third-order valence-corrected chi connectivity index (χ3v) is 3.82. The van der Waals surface area contributed by atoms with Gasteiger partial charge in [-0.15, -0.1) is 0 Å². The normalized spacial score (nSPS) is 16.6. The van der Waals surface area contributed by atoms with Crippen molar-refractivity contribution in [2.75, 3.05) is 13.7 Å². The van der Waals surface area contributed by atoms with Crippen molar-refractivity contribution in [2.45, 2.75) is 45.0 Å². The molecule has 1 aromatic rings. The lowest BCUT2D eigenvalue weighted by molar-refractivity contribution is -0.140. The maximum Gasteiger partial charge on any atom is 0.419 e. The topological polar surface area (TPSA) is 21.3 Å². The van der Waals surface area contributed by atoms with Crippen LogP contribution in [0.5, 0.6) is 0 Å². The number of alkyl halides is 3. The van der Waals surface area contributed by atoms with Gasteiger partial charge < -0.3 is 10.1 Å². The third kappa shape index (κ3) is 3.95. The molecule has 2 unspecified atom stereocenters. The lowest BCUT2D eigenvalue weighted by Gasteiger charge is -2.36. The molecule has 0 fully saturated rings. The molecule has 0 bridgehead atoms. The Morgan fingerprint density at radius 2 is 1.86 bits per heavy atom. The number of methoxy groups -OCH3 is 1. The van der Waals surface area contributed by atoms with Crippen LogP contribution in [0.4, 0.5) is 17.6 Å². The van der Waals surface area contributed by atoms with E-state index in [-0.39, 0.29) is 0 Å². The molecule has 1 rings (SSSR count). The van der Waals surface area contributed by atoms with Crippen LogP contribution in [0.2, 0.25) is 0 Å². The predicted molar refractivity (Wildman–Crippen MR) is 73.5 cm³/mol. The zero-order chi connectivity index (χ0) is 16.3. The average Bonchev–Trinajstić information content (AvgIpc) is 2.42. The van der Waals surface area contributed by atoms with Crippen LogP contribution in [0.15, 0.2) is 18.2 Å². The van der Waals surface area contributed by atoms with Crippen molar-refractivity contribution in [3.8, 4) is 0 Å². The van der Waals surface area contributed by atoms with E-state index in [0.717, 1.165) is 12.1 Å². The Balaban J connectivity index is 3.25. The van der Waals surface area contributed by atoms with Gasteiger partial charge in [0.1, 0.15) is 5.82 Å². The molecule has 0 amide bonds. The van der Waals surface area contributed by atoms with E-state index in [2.05, 4.69) is 5.32 Å². The summed E-state index contributed by atoms with van der Waals surface area (Å²) in [7, 11) is 1.54. The number of rotatable bonds is 6. The molecule has 0 aliphatic rings. The fourth-order valence-electron chi connectivity index (χ4n) is 2.30. The van der Waals surface area contributed by atoms with Crippen molar-refractivity contribution in [3.63, 3.8) is 0 Å². The molecule has 0 aliphatic heterocycles. The number of halogens is 4. The highest BCUT2D eigenvalue weighted by Crippen LogP contribution is 2.36. The molecule has 0 aliphatic carbocycles. The summed E-state index contributed by atoms with van der Waals surface area (Å²) in [5, 5.41) is 3.15. The van der Waals surface area contributed by atoms with E-state index in [1.165, 1.54) is 13.2 Å². The van der Waals surface area contributed by atoms with Gasteiger partial charge in [0, 0.05) is 7.11 Å². The fraction of sp³-hybridized carbons (Fsp3) is 0.600. The Kier molecular flexibility index (Phi) is 5.75. The van der Waals surface area contributed by atoms with Crippen molar-refractivity contribution in [1.29, 1.82) is 0 Å². The zero-order valence-electron chi connectivity index (χ0n) is 12.6. The summed E-state index contributed by atoms with van der Waals surface area (Å²) in [6.45, 7) is 6.22. The van der Waals surface area contributed by atoms with Gasteiger partial charge in [0.2, 0.25) is 0 Å². The molecule has 0 heterocycles. The first kappa shape index (κ1) is 17.9. The largest absolute Gasteiger partial charge is 0.419 e. The minimum absolute atomic E-state index is 0.394. The van der Waals surface area contributed by atoms with Gasteiger partial charge in [-0.05, 0) is 37.6 Å². The van der Waals surface area contributed by atoms with Crippen LogP contribution in [-0.2, 0) is 10.9 Å². The van der Waals surface area contributed by atoms with Crippen LogP contribution >= 0.6 is 0 Å². The van der Waals surface area contributed by atoms with Gasteiger partial charge in [0.15, 0.2) is 0 Å². The molecule has 2 nitrogen and oxygen atoms in total. The summed E-state index contributed by atoms with van der Waals surface area (Å²) >= 11 is 0. The molecular formula is C15H21F4NO. The van der Waals surface area contributed by atoms with E-state index in [1.54, 1.807) is 0 Å². The van der Waals surface area contributed by atoms with Gasteiger partial charge >= 0.3 is 6.18 Å². The van der Waals surface area contributed by atoms with Crippen LogP contribution in [-0.4, -0.2) is 19.3 Å². The molecular weight excluding hydrogens is 286 g/mol. The first-order valence-corrected chi connectivity index (χ1v) is 6.84. The summed E-state index contributed by atoms with van der Waals surface area (Å²) in [5.41, 5.74) is -1.45. The van der Waals surface area contributed by atoms with E-state index in [1.807, 2.05) is 20.8 Å². The summed E-state index contributed by atoms with van der Waals surface area (Å²) in [6.07, 6.45) is -4.06. The lowest BCUT2D eigenvalue weighted by atomic mass is 9.87. The van der Waals surface area contributed by atoms with Gasteiger partial charge in [0.05, 0.1) is 17.2 Å². The average molecular weight is 307 g/mol. The molecule has 1 N–H and O–H groups in total. The van der Waals surface area contributed by atoms with Crippen LogP contribution in [0.3, 0.4) is 0 Å². The molecule has 21 heavy (non-hydrogen) atoms.